The predicted octanol–water partition coefficient (Wildman–Crippen LogP) is 2.19. The molecule has 0 spiro atoms. The number of hydrogen-bond donors (Lipinski definition) is 1. The number of methoxy groups -OCH3 is 1. The Hall–Kier alpha value is -2.17. The maximum atomic E-state index is 11.2. The van der Waals surface area contributed by atoms with Crippen LogP contribution in [0.5, 0.6) is 0 Å². The van der Waals surface area contributed by atoms with E-state index in [2.05, 4.69) is 14.9 Å². The predicted molar refractivity (Wildman–Crippen MR) is 64.2 cm³/mol. The highest BCUT2D eigenvalue weighted by atomic mass is 16.5. The fourth-order valence-electron chi connectivity index (χ4n) is 1.36. The van der Waals surface area contributed by atoms with E-state index in [0.29, 0.717) is 28.4 Å². The zero-order valence-corrected chi connectivity index (χ0v) is 9.98. The number of hydrogen-bond acceptors (Lipinski definition) is 4. The molecule has 0 aliphatic carbocycles. The molecule has 0 fully saturated rings. The molecule has 2 rings (SSSR count). The van der Waals surface area contributed by atoms with E-state index >= 15 is 0 Å². The largest absolute Gasteiger partial charge is 0.465 e. The molecule has 5 heteroatoms. The summed E-state index contributed by atoms with van der Waals surface area (Å²) in [6, 6.07) is 4.84. The summed E-state index contributed by atoms with van der Waals surface area (Å²) in [7, 11) is 1.31. The second kappa shape index (κ2) is 5.79. The van der Waals surface area contributed by atoms with Gasteiger partial charge in [-0.2, -0.15) is 5.10 Å². The number of aromatic amines is 1. The van der Waals surface area contributed by atoms with Gasteiger partial charge in [0.1, 0.15) is 5.69 Å². The standard InChI is InChI=1S/C10H8N2O3.C2H6/c1-15-10(14)6-2-3-8-7(4-6)9(5-13)12-11-8;1-2/h2-5H,1H3,(H,11,12);1-2H3. The first-order chi connectivity index (χ1) is 8.26. The number of ether oxygens (including phenoxy) is 1. The second-order valence-electron chi connectivity index (χ2n) is 2.98. The lowest BCUT2D eigenvalue weighted by Crippen LogP contribution is -2.00. The van der Waals surface area contributed by atoms with Gasteiger partial charge in [0.25, 0.3) is 0 Å². The van der Waals surface area contributed by atoms with E-state index in [1.807, 2.05) is 13.8 Å². The Bertz CT molecular complexity index is 532. The summed E-state index contributed by atoms with van der Waals surface area (Å²) < 4.78 is 4.58. The van der Waals surface area contributed by atoms with Crippen LogP contribution in [0, 0.1) is 0 Å². The van der Waals surface area contributed by atoms with E-state index in [9.17, 15) is 9.59 Å². The normalized spacial score (nSPS) is 9.35. The Morgan fingerprint density at radius 3 is 2.71 bits per heavy atom. The molecule has 0 amide bonds. The third kappa shape index (κ3) is 2.50. The van der Waals surface area contributed by atoms with Crippen LogP contribution in [0.4, 0.5) is 0 Å². The van der Waals surface area contributed by atoms with E-state index in [0.717, 1.165) is 0 Å². The van der Waals surface area contributed by atoms with Crippen molar-refractivity contribution >= 4 is 23.2 Å². The van der Waals surface area contributed by atoms with Gasteiger partial charge in [-0.15, -0.1) is 0 Å². The van der Waals surface area contributed by atoms with Crippen molar-refractivity contribution in [3.8, 4) is 0 Å². The molecule has 0 saturated carbocycles. The molecule has 0 aliphatic heterocycles. The molecule has 0 saturated heterocycles. The first-order valence-corrected chi connectivity index (χ1v) is 5.28. The van der Waals surface area contributed by atoms with E-state index < -0.39 is 5.97 Å². The fourth-order valence-corrected chi connectivity index (χ4v) is 1.36. The van der Waals surface area contributed by atoms with Gasteiger partial charge in [-0.05, 0) is 18.2 Å². The maximum absolute atomic E-state index is 11.2. The molecule has 5 nitrogen and oxygen atoms in total. The maximum Gasteiger partial charge on any atom is 0.337 e. The van der Waals surface area contributed by atoms with Crippen molar-refractivity contribution in [1.29, 1.82) is 0 Å². The molecule has 1 aromatic heterocycles. The summed E-state index contributed by atoms with van der Waals surface area (Å²) in [4.78, 5) is 21.9. The van der Waals surface area contributed by atoms with Gasteiger partial charge in [0.15, 0.2) is 6.29 Å². The molecule has 0 aliphatic rings. The lowest BCUT2D eigenvalue weighted by Gasteiger charge is -1.98. The Kier molecular flexibility index (Phi) is 4.39. The van der Waals surface area contributed by atoms with Gasteiger partial charge >= 0.3 is 5.97 Å². The number of rotatable bonds is 2. The van der Waals surface area contributed by atoms with Crippen LogP contribution < -0.4 is 0 Å². The molecule has 1 aromatic carbocycles. The van der Waals surface area contributed by atoms with E-state index in [4.69, 9.17) is 0 Å². The molecule has 0 unspecified atom stereocenters. The lowest BCUT2D eigenvalue weighted by atomic mass is 10.1. The van der Waals surface area contributed by atoms with Gasteiger partial charge in [0.2, 0.25) is 0 Å². The molecule has 1 heterocycles. The number of carbonyl (C=O) groups excluding carboxylic acids is 2. The van der Waals surface area contributed by atoms with Crippen molar-refractivity contribution in [3.05, 3.63) is 29.5 Å². The van der Waals surface area contributed by atoms with E-state index in [1.165, 1.54) is 7.11 Å². The van der Waals surface area contributed by atoms with Crippen LogP contribution in [0.2, 0.25) is 0 Å². The summed E-state index contributed by atoms with van der Waals surface area (Å²) in [5.41, 5.74) is 1.40. The fraction of sp³-hybridized carbons (Fsp3) is 0.250. The highest BCUT2D eigenvalue weighted by Gasteiger charge is 2.09. The van der Waals surface area contributed by atoms with Crippen molar-refractivity contribution in [3.63, 3.8) is 0 Å². The van der Waals surface area contributed by atoms with Crippen molar-refractivity contribution in [2.24, 2.45) is 0 Å². The van der Waals surface area contributed by atoms with Gasteiger partial charge in [-0.1, -0.05) is 13.8 Å². The van der Waals surface area contributed by atoms with Crippen molar-refractivity contribution in [2.45, 2.75) is 13.8 Å². The molecule has 90 valence electrons. The van der Waals surface area contributed by atoms with Crippen LogP contribution in [0.1, 0.15) is 34.7 Å². The monoisotopic (exact) mass is 234 g/mol. The minimum Gasteiger partial charge on any atom is -0.465 e. The summed E-state index contributed by atoms with van der Waals surface area (Å²) in [5, 5.41) is 7.10. The highest BCUT2D eigenvalue weighted by Crippen LogP contribution is 2.16. The van der Waals surface area contributed by atoms with Crippen molar-refractivity contribution < 1.29 is 14.3 Å². The Morgan fingerprint density at radius 1 is 1.41 bits per heavy atom. The minimum atomic E-state index is -0.435. The number of aromatic nitrogens is 2. The number of carbonyl (C=O) groups is 2. The van der Waals surface area contributed by atoms with Gasteiger partial charge in [-0.25, -0.2) is 4.79 Å². The van der Waals surface area contributed by atoms with Crippen LogP contribution in [0.15, 0.2) is 18.2 Å². The second-order valence-corrected chi connectivity index (χ2v) is 2.98. The van der Waals surface area contributed by atoms with Crippen molar-refractivity contribution in [2.75, 3.05) is 7.11 Å². The first-order valence-electron chi connectivity index (χ1n) is 5.28. The minimum absolute atomic E-state index is 0.357. The molecule has 0 radical (unpaired) electrons. The van der Waals surface area contributed by atoms with Gasteiger partial charge in [-0.3, -0.25) is 9.89 Å². The zero-order valence-electron chi connectivity index (χ0n) is 9.98. The molecule has 1 N–H and O–H groups in total. The molecule has 17 heavy (non-hydrogen) atoms. The lowest BCUT2D eigenvalue weighted by molar-refractivity contribution is 0.0601. The number of fused-ring (bicyclic) bond motifs is 1. The average molecular weight is 234 g/mol. The Balaban J connectivity index is 0.000000686. The Morgan fingerprint density at radius 2 is 2.12 bits per heavy atom. The molecule has 0 bridgehead atoms. The van der Waals surface area contributed by atoms with Crippen LogP contribution in [-0.4, -0.2) is 29.6 Å². The van der Waals surface area contributed by atoms with Gasteiger partial charge < -0.3 is 4.74 Å². The van der Waals surface area contributed by atoms with Gasteiger partial charge in [0, 0.05) is 5.39 Å². The quantitative estimate of drug-likeness (QED) is 0.638. The third-order valence-electron chi connectivity index (χ3n) is 2.12. The third-order valence-corrected chi connectivity index (χ3v) is 2.12. The number of H-pyrrole nitrogens is 1. The smallest absolute Gasteiger partial charge is 0.337 e. The number of nitrogens with one attached hydrogen (secondary N) is 1. The molecule has 0 atom stereocenters. The summed E-state index contributed by atoms with van der Waals surface area (Å²) in [5.74, 6) is -0.435. The highest BCUT2D eigenvalue weighted by molar-refractivity contribution is 5.99. The zero-order chi connectivity index (χ0) is 12.8. The number of benzene rings is 1. The van der Waals surface area contributed by atoms with Crippen LogP contribution in [-0.2, 0) is 4.74 Å². The van der Waals surface area contributed by atoms with Crippen molar-refractivity contribution in [1.82, 2.24) is 10.2 Å². The van der Waals surface area contributed by atoms with Crippen LogP contribution in [0.25, 0.3) is 10.9 Å². The van der Waals surface area contributed by atoms with E-state index in [1.54, 1.807) is 18.2 Å². The number of nitrogens with zero attached hydrogens (tertiary/aromatic N) is 1. The van der Waals surface area contributed by atoms with Crippen LogP contribution in [0.3, 0.4) is 0 Å². The summed E-state index contributed by atoms with van der Waals surface area (Å²) in [6.07, 6.45) is 0.663. The van der Waals surface area contributed by atoms with Gasteiger partial charge in [0.05, 0.1) is 18.2 Å². The van der Waals surface area contributed by atoms with Crippen LogP contribution >= 0.6 is 0 Å². The number of esters is 1. The molecule has 2 aromatic rings. The average Bonchev–Trinajstić information content (AvgIpc) is 2.82. The Labute approximate surface area is 98.8 Å². The number of aldehydes is 1. The van der Waals surface area contributed by atoms with E-state index in [-0.39, 0.29) is 0 Å². The summed E-state index contributed by atoms with van der Waals surface area (Å²) in [6.45, 7) is 4.00. The summed E-state index contributed by atoms with van der Waals surface area (Å²) >= 11 is 0. The SMILES string of the molecule is CC.COC(=O)c1ccc2n[nH]c(C=O)c2c1. The topological polar surface area (TPSA) is 72.0 Å². The first kappa shape index (κ1) is 12.9. The molecular weight excluding hydrogens is 220 g/mol. The molecular formula is C12H14N2O3.